The minimum atomic E-state index is -1.77. The van der Waals surface area contributed by atoms with Crippen molar-refractivity contribution in [3.05, 3.63) is 29.8 Å². The Morgan fingerprint density at radius 2 is 1.91 bits per heavy atom. The lowest BCUT2D eigenvalue weighted by atomic mass is 10.2. The Morgan fingerprint density at radius 1 is 1.23 bits per heavy atom. The van der Waals surface area contributed by atoms with Crippen LogP contribution in [-0.4, -0.2) is 27.5 Å². The maximum Gasteiger partial charge on any atom is 0.344 e. The van der Waals surface area contributed by atoms with E-state index in [9.17, 15) is 4.79 Å². The fourth-order valence-electron chi connectivity index (χ4n) is 1.55. The lowest BCUT2D eigenvalue weighted by molar-refractivity contribution is -0.145. The van der Waals surface area contributed by atoms with Crippen molar-refractivity contribution in [1.29, 1.82) is 0 Å². The highest BCUT2D eigenvalue weighted by Crippen LogP contribution is 2.37. The van der Waals surface area contributed by atoms with Gasteiger partial charge in [-0.3, -0.25) is 0 Å². The van der Waals surface area contributed by atoms with E-state index in [1.165, 1.54) is 0 Å². The maximum absolute atomic E-state index is 11.3. The van der Waals surface area contributed by atoms with Crippen LogP contribution in [0.15, 0.2) is 24.3 Å². The number of benzene rings is 1. The van der Waals surface area contributed by atoms with Gasteiger partial charge in [-0.2, -0.15) is 0 Å². The van der Waals surface area contributed by atoms with E-state index in [-0.39, 0.29) is 17.6 Å². The van der Waals surface area contributed by atoms with Gasteiger partial charge in [0.05, 0.1) is 13.2 Å². The van der Waals surface area contributed by atoms with Gasteiger partial charge in [-0.05, 0) is 42.8 Å². The third-order valence-electron chi connectivity index (χ3n) is 3.97. The monoisotopic (exact) mass is 324 g/mol. The van der Waals surface area contributed by atoms with Crippen LogP contribution in [0.4, 0.5) is 0 Å². The van der Waals surface area contributed by atoms with Gasteiger partial charge in [0.15, 0.2) is 14.9 Å². The first-order valence-corrected chi connectivity index (χ1v) is 10.6. The van der Waals surface area contributed by atoms with Crippen LogP contribution in [0.1, 0.15) is 33.3 Å². The van der Waals surface area contributed by atoms with E-state index in [1.54, 1.807) is 6.92 Å². The van der Waals surface area contributed by atoms with Crippen molar-refractivity contribution < 1.29 is 18.7 Å². The molecule has 1 aromatic carbocycles. The van der Waals surface area contributed by atoms with Gasteiger partial charge in [-0.1, -0.05) is 32.9 Å². The van der Waals surface area contributed by atoms with Crippen molar-refractivity contribution >= 4 is 14.3 Å². The highest BCUT2D eigenvalue weighted by atomic mass is 28.4. The molecule has 0 heterocycles. The van der Waals surface area contributed by atoms with Gasteiger partial charge in [0, 0.05) is 0 Å². The van der Waals surface area contributed by atoms with Crippen molar-refractivity contribution in [1.82, 2.24) is 0 Å². The summed E-state index contributed by atoms with van der Waals surface area (Å²) in [5.74, 6) is 0.301. The van der Waals surface area contributed by atoms with Crippen molar-refractivity contribution in [2.24, 2.45) is 0 Å². The third-order valence-corrected chi connectivity index (χ3v) is 8.44. The van der Waals surface area contributed by atoms with E-state index in [4.69, 9.17) is 13.9 Å². The minimum Gasteiger partial charge on any atom is -0.482 e. The topological polar surface area (TPSA) is 44.8 Å². The summed E-state index contributed by atoms with van der Waals surface area (Å²) in [7, 11) is -1.77. The van der Waals surface area contributed by atoms with Crippen LogP contribution in [0.2, 0.25) is 18.1 Å². The van der Waals surface area contributed by atoms with E-state index >= 15 is 0 Å². The summed E-state index contributed by atoms with van der Waals surface area (Å²) in [6.45, 7) is 13.8. The number of esters is 1. The summed E-state index contributed by atoms with van der Waals surface area (Å²) in [5, 5.41) is 0.186. The van der Waals surface area contributed by atoms with Crippen molar-refractivity contribution in [2.45, 2.75) is 52.4 Å². The molecule has 4 nitrogen and oxygen atoms in total. The second kappa shape index (κ2) is 7.79. The molecule has 0 spiro atoms. The molecular formula is C17H28O4Si. The van der Waals surface area contributed by atoms with Gasteiger partial charge >= 0.3 is 5.97 Å². The van der Waals surface area contributed by atoms with Crippen LogP contribution < -0.4 is 4.74 Å². The lowest BCUT2D eigenvalue weighted by Gasteiger charge is -2.36. The number of carbonyl (C=O) groups excluding carboxylic acids is 1. The van der Waals surface area contributed by atoms with Crippen LogP contribution >= 0.6 is 0 Å². The molecule has 0 aliphatic rings. The van der Waals surface area contributed by atoms with Crippen LogP contribution in [0.3, 0.4) is 0 Å². The number of hydrogen-bond donors (Lipinski definition) is 0. The molecule has 0 aliphatic carbocycles. The molecule has 0 amide bonds. The quantitative estimate of drug-likeness (QED) is 0.558. The zero-order chi connectivity index (χ0) is 16.8. The second-order valence-corrected chi connectivity index (χ2v) is 11.6. The molecule has 0 aromatic heterocycles. The predicted octanol–water partition coefficient (Wildman–Crippen LogP) is 4.15. The summed E-state index contributed by atoms with van der Waals surface area (Å²) in [6, 6.07) is 7.65. The number of ether oxygens (including phenoxy) is 2. The standard InChI is InChI=1S/C17H28O4Si/c1-7-19-16(18)13-20-15-10-8-9-14(11-15)12-21-22(5,6)17(2,3)4/h8-11H,7,12-13H2,1-6H3. The van der Waals surface area contributed by atoms with Crippen molar-refractivity contribution in [3.8, 4) is 5.75 Å². The minimum absolute atomic E-state index is 0.0691. The molecule has 0 fully saturated rings. The van der Waals surface area contributed by atoms with E-state index < -0.39 is 8.32 Å². The summed E-state index contributed by atoms with van der Waals surface area (Å²) in [5.41, 5.74) is 1.05. The number of hydrogen-bond acceptors (Lipinski definition) is 4. The van der Waals surface area contributed by atoms with E-state index in [0.717, 1.165) is 5.56 Å². The number of carbonyl (C=O) groups is 1. The summed E-state index contributed by atoms with van der Waals surface area (Å²) >= 11 is 0. The van der Waals surface area contributed by atoms with Crippen molar-refractivity contribution in [2.75, 3.05) is 13.2 Å². The third kappa shape index (κ3) is 5.81. The Labute approximate surface area is 134 Å². The normalized spacial score (nSPS) is 12.1. The van der Waals surface area contributed by atoms with E-state index in [2.05, 4.69) is 33.9 Å². The summed E-state index contributed by atoms with van der Waals surface area (Å²) < 4.78 is 16.5. The average Bonchev–Trinajstić information content (AvgIpc) is 2.43. The summed E-state index contributed by atoms with van der Waals surface area (Å²) in [6.07, 6.45) is 0. The molecule has 0 atom stereocenters. The Balaban J connectivity index is 2.59. The molecule has 1 rings (SSSR count). The second-order valence-electron chi connectivity index (χ2n) is 6.79. The molecule has 0 unspecified atom stereocenters. The van der Waals surface area contributed by atoms with Crippen LogP contribution in [-0.2, 0) is 20.6 Å². The van der Waals surface area contributed by atoms with Crippen LogP contribution in [0, 0.1) is 0 Å². The van der Waals surface area contributed by atoms with Crippen LogP contribution in [0.25, 0.3) is 0 Å². The molecule has 124 valence electrons. The smallest absolute Gasteiger partial charge is 0.344 e. The average molecular weight is 324 g/mol. The first-order chi connectivity index (χ1) is 10.2. The van der Waals surface area contributed by atoms with Crippen molar-refractivity contribution in [3.63, 3.8) is 0 Å². The molecule has 0 radical (unpaired) electrons. The van der Waals surface area contributed by atoms with Gasteiger partial charge in [0.1, 0.15) is 5.75 Å². The first-order valence-electron chi connectivity index (χ1n) is 7.67. The number of rotatable bonds is 7. The Morgan fingerprint density at radius 3 is 2.50 bits per heavy atom. The maximum atomic E-state index is 11.3. The van der Waals surface area contributed by atoms with Gasteiger partial charge in [0.2, 0.25) is 0 Å². The molecule has 22 heavy (non-hydrogen) atoms. The van der Waals surface area contributed by atoms with E-state index in [0.29, 0.717) is 19.0 Å². The Bertz CT molecular complexity index is 492. The molecule has 0 N–H and O–H groups in total. The van der Waals surface area contributed by atoms with Gasteiger partial charge in [-0.25, -0.2) is 4.79 Å². The zero-order valence-electron chi connectivity index (χ0n) is 14.6. The molecule has 5 heteroatoms. The Hall–Kier alpha value is -1.33. The van der Waals surface area contributed by atoms with Crippen LogP contribution in [0.5, 0.6) is 5.75 Å². The first kappa shape index (κ1) is 18.7. The largest absolute Gasteiger partial charge is 0.482 e. The molecule has 1 aromatic rings. The van der Waals surface area contributed by atoms with E-state index in [1.807, 2.05) is 24.3 Å². The molecule has 0 saturated heterocycles. The van der Waals surface area contributed by atoms with Gasteiger partial charge in [-0.15, -0.1) is 0 Å². The van der Waals surface area contributed by atoms with Gasteiger partial charge in [0.25, 0.3) is 0 Å². The molecule has 0 aliphatic heterocycles. The highest BCUT2D eigenvalue weighted by Gasteiger charge is 2.36. The predicted molar refractivity (Wildman–Crippen MR) is 90.6 cm³/mol. The zero-order valence-corrected chi connectivity index (χ0v) is 15.6. The Kier molecular flexibility index (Phi) is 6.62. The molecular weight excluding hydrogens is 296 g/mol. The highest BCUT2D eigenvalue weighted by molar-refractivity contribution is 6.74. The molecule has 0 saturated carbocycles. The lowest BCUT2D eigenvalue weighted by Crippen LogP contribution is -2.40. The van der Waals surface area contributed by atoms with Gasteiger partial charge < -0.3 is 13.9 Å². The summed E-state index contributed by atoms with van der Waals surface area (Å²) in [4.78, 5) is 11.3. The fraction of sp³-hybridized carbons (Fsp3) is 0.588. The fourth-order valence-corrected chi connectivity index (χ4v) is 2.51. The SMILES string of the molecule is CCOC(=O)COc1cccc(CO[Si](C)(C)C(C)(C)C)c1. The molecule has 0 bridgehead atoms.